The first kappa shape index (κ1) is 16.6. The van der Waals surface area contributed by atoms with E-state index in [0.29, 0.717) is 5.41 Å². The van der Waals surface area contributed by atoms with Gasteiger partial charge < -0.3 is 0 Å². The lowest BCUT2D eigenvalue weighted by Crippen LogP contribution is -2.41. The second-order valence-corrected chi connectivity index (χ2v) is 12.2. The molecule has 0 N–H and O–H groups in total. The summed E-state index contributed by atoms with van der Waals surface area (Å²) in [5.41, 5.74) is 0.462. The first-order valence-corrected chi connectivity index (χ1v) is 11.2. The summed E-state index contributed by atoms with van der Waals surface area (Å²) < 4.78 is 0. The molecule has 0 radical (unpaired) electrons. The zero-order valence-electron chi connectivity index (χ0n) is 15.5. The van der Waals surface area contributed by atoms with E-state index in [9.17, 15) is 0 Å². The van der Waals surface area contributed by atoms with Gasteiger partial charge in [-0.3, -0.25) is 0 Å². The number of hydrogen-bond acceptors (Lipinski definition) is 2. The van der Waals surface area contributed by atoms with Crippen LogP contribution in [0.25, 0.3) is 0 Å². The number of rotatable bonds is 2. The van der Waals surface area contributed by atoms with Crippen molar-refractivity contribution >= 4 is 23.5 Å². The fourth-order valence-corrected chi connectivity index (χ4v) is 10.2. The molecule has 2 aliphatic carbocycles. The Hall–Kier alpha value is 0.180. The molecule has 2 aliphatic heterocycles. The number of thioether (sulfide) groups is 2. The molecule has 0 aromatic rings. The second-order valence-electron chi connectivity index (χ2n) is 9.38. The van der Waals surface area contributed by atoms with Crippen LogP contribution in [-0.4, -0.2) is 10.5 Å². The lowest BCUT2D eigenvalue weighted by molar-refractivity contribution is 0.0949. The number of fused-ring (bicyclic) bond motifs is 3. The molecule has 2 saturated carbocycles. The maximum absolute atomic E-state index is 2.62. The van der Waals surface area contributed by atoms with Crippen molar-refractivity contribution in [1.82, 2.24) is 0 Å². The van der Waals surface area contributed by atoms with E-state index in [1.165, 1.54) is 12.8 Å². The van der Waals surface area contributed by atoms with E-state index < -0.39 is 0 Å². The molecule has 4 rings (SSSR count). The SMILES string of the molecule is CC1=CC2C(S1)C(C(C)(C)C1C[C@H](C)CC1C)C1SC(C)=C[C@@H]21. The Kier molecular flexibility index (Phi) is 4.05. The van der Waals surface area contributed by atoms with Crippen LogP contribution in [0.2, 0.25) is 0 Å². The molecule has 0 saturated heterocycles. The summed E-state index contributed by atoms with van der Waals surface area (Å²) in [7, 11) is 0. The van der Waals surface area contributed by atoms with Crippen LogP contribution in [0.3, 0.4) is 0 Å². The van der Waals surface area contributed by atoms with Gasteiger partial charge in [-0.25, -0.2) is 0 Å². The van der Waals surface area contributed by atoms with Gasteiger partial charge in [0.2, 0.25) is 0 Å². The van der Waals surface area contributed by atoms with Gasteiger partial charge in [-0.1, -0.05) is 39.8 Å². The van der Waals surface area contributed by atoms with Gasteiger partial charge in [0.15, 0.2) is 0 Å². The van der Waals surface area contributed by atoms with Crippen LogP contribution < -0.4 is 0 Å². The average Bonchev–Trinajstić information content (AvgIpc) is 3.12. The minimum absolute atomic E-state index is 0.462. The molecule has 2 heteroatoms. The quantitative estimate of drug-likeness (QED) is 0.551. The summed E-state index contributed by atoms with van der Waals surface area (Å²) in [6.07, 6.45) is 8.12. The fraction of sp³-hybridized carbons (Fsp3) is 0.810. The maximum atomic E-state index is 2.62. The molecule has 0 amide bonds. The van der Waals surface area contributed by atoms with Crippen LogP contribution >= 0.6 is 23.5 Å². The average molecular weight is 349 g/mol. The molecule has 4 aliphatic rings. The predicted molar refractivity (Wildman–Crippen MR) is 106 cm³/mol. The van der Waals surface area contributed by atoms with E-state index in [-0.39, 0.29) is 0 Å². The Bertz CT molecular complexity index is 526. The molecule has 0 aromatic carbocycles. The molecule has 0 bridgehead atoms. The standard InChI is InChI=1S/C21H32S2/c1-11-7-12(2)17(8-11)21(5,6)18-19-15(9-13(3)22-19)16-10-14(4)23-20(16)18/h9-12,15-20H,7-8H2,1-6H3/t11-,12?,15+,16?,17?,18?,19?,20?/m1/s1. The van der Waals surface area contributed by atoms with Crippen molar-refractivity contribution in [2.45, 2.75) is 64.9 Å². The minimum Gasteiger partial charge on any atom is -0.127 e. The van der Waals surface area contributed by atoms with Gasteiger partial charge in [-0.05, 0) is 77.4 Å². The summed E-state index contributed by atoms with van der Waals surface area (Å²) >= 11 is 4.42. The largest absolute Gasteiger partial charge is 0.127 e. The summed E-state index contributed by atoms with van der Waals surface area (Å²) in [5.74, 6) is 5.19. The fourth-order valence-electron chi connectivity index (χ4n) is 6.56. The van der Waals surface area contributed by atoms with Crippen molar-refractivity contribution in [2.24, 2.45) is 40.9 Å². The van der Waals surface area contributed by atoms with Gasteiger partial charge in [0.05, 0.1) is 0 Å². The normalized spacial score (nSPS) is 49.1. The highest BCUT2D eigenvalue weighted by Crippen LogP contribution is 2.66. The molecule has 128 valence electrons. The zero-order chi connectivity index (χ0) is 16.5. The topological polar surface area (TPSA) is 0 Å². The highest BCUT2D eigenvalue weighted by molar-refractivity contribution is 8.05. The molecule has 2 fully saturated rings. The van der Waals surface area contributed by atoms with Crippen molar-refractivity contribution < 1.29 is 0 Å². The van der Waals surface area contributed by atoms with E-state index in [4.69, 9.17) is 0 Å². The second kappa shape index (κ2) is 5.59. The first-order valence-electron chi connectivity index (χ1n) is 9.49. The van der Waals surface area contributed by atoms with Crippen LogP contribution in [-0.2, 0) is 0 Å². The van der Waals surface area contributed by atoms with Gasteiger partial charge in [0.1, 0.15) is 0 Å². The predicted octanol–water partition coefficient (Wildman–Crippen LogP) is 6.60. The van der Waals surface area contributed by atoms with Crippen molar-refractivity contribution in [1.29, 1.82) is 0 Å². The van der Waals surface area contributed by atoms with Gasteiger partial charge >= 0.3 is 0 Å². The van der Waals surface area contributed by atoms with E-state index in [0.717, 1.165) is 46.0 Å². The van der Waals surface area contributed by atoms with Crippen LogP contribution in [0.5, 0.6) is 0 Å². The Morgan fingerprint density at radius 1 is 0.913 bits per heavy atom. The lowest BCUT2D eigenvalue weighted by atomic mass is 9.64. The molecule has 0 aromatic heterocycles. The van der Waals surface area contributed by atoms with Crippen LogP contribution in [0, 0.1) is 40.9 Å². The van der Waals surface area contributed by atoms with E-state index >= 15 is 0 Å². The third kappa shape index (κ3) is 2.49. The Labute approximate surface area is 151 Å². The zero-order valence-corrected chi connectivity index (χ0v) is 17.1. The van der Waals surface area contributed by atoms with E-state index in [2.05, 4.69) is 77.2 Å². The van der Waals surface area contributed by atoms with Crippen molar-refractivity contribution in [3.63, 3.8) is 0 Å². The van der Waals surface area contributed by atoms with E-state index in [1.807, 2.05) is 0 Å². The number of allylic oxidation sites excluding steroid dienone is 4. The Morgan fingerprint density at radius 2 is 1.43 bits per heavy atom. The smallest absolute Gasteiger partial charge is 0.0204 e. The maximum Gasteiger partial charge on any atom is 0.0204 e. The van der Waals surface area contributed by atoms with Crippen molar-refractivity contribution in [3.8, 4) is 0 Å². The molecular formula is C21H32S2. The van der Waals surface area contributed by atoms with E-state index in [1.54, 1.807) is 9.81 Å². The minimum atomic E-state index is 0.462. The number of hydrogen-bond donors (Lipinski definition) is 0. The van der Waals surface area contributed by atoms with Gasteiger partial charge in [-0.15, -0.1) is 23.5 Å². The third-order valence-corrected chi connectivity index (χ3v) is 10.1. The van der Waals surface area contributed by atoms with Crippen LogP contribution in [0.4, 0.5) is 0 Å². The highest BCUT2D eigenvalue weighted by atomic mass is 32.2. The van der Waals surface area contributed by atoms with Gasteiger partial charge in [-0.2, -0.15) is 0 Å². The Balaban J connectivity index is 1.68. The summed E-state index contributed by atoms with van der Waals surface area (Å²) in [6.45, 7) is 14.9. The molecule has 0 spiro atoms. The van der Waals surface area contributed by atoms with Crippen molar-refractivity contribution in [3.05, 3.63) is 22.0 Å². The monoisotopic (exact) mass is 348 g/mol. The van der Waals surface area contributed by atoms with Crippen LogP contribution in [0.15, 0.2) is 22.0 Å². The van der Waals surface area contributed by atoms with Crippen LogP contribution in [0.1, 0.15) is 54.4 Å². The first-order chi connectivity index (χ1) is 10.8. The molecule has 23 heavy (non-hydrogen) atoms. The molecule has 0 nitrogen and oxygen atoms in total. The molecule has 2 heterocycles. The highest BCUT2D eigenvalue weighted by Gasteiger charge is 2.60. The van der Waals surface area contributed by atoms with Gasteiger partial charge in [0, 0.05) is 10.5 Å². The summed E-state index contributed by atoms with van der Waals surface area (Å²) in [6, 6.07) is 0. The lowest BCUT2D eigenvalue weighted by Gasteiger charge is -2.44. The molecule has 6 unspecified atom stereocenters. The Morgan fingerprint density at radius 3 is 1.87 bits per heavy atom. The third-order valence-electron chi connectivity index (χ3n) is 7.34. The molecular weight excluding hydrogens is 316 g/mol. The molecule has 8 atom stereocenters. The van der Waals surface area contributed by atoms with Gasteiger partial charge in [0.25, 0.3) is 0 Å². The summed E-state index contributed by atoms with van der Waals surface area (Å²) in [5, 5.41) is 1.67. The van der Waals surface area contributed by atoms with Crippen molar-refractivity contribution in [2.75, 3.05) is 0 Å². The summed E-state index contributed by atoms with van der Waals surface area (Å²) in [4.78, 5) is 3.16.